The molecule has 0 saturated carbocycles. The first kappa shape index (κ1) is 12.8. The van der Waals surface area contributed by atoms with Crippen LogP contribution in [0.4, 0.5) is 0 Å². The van der Waals surface area contributed by atoms with Gasteiger partial charge in [0.2, 0.25) is 0 Å². The van der Waals surface area contributed by atoms with Crippen molar-refractivity contribution < 1.29 is 0 Å². The first-order chi connectivity index (χ1) is 8.54. The highest BCUT2D eigenvalue weighted by Gasteiger charge is 2.06. The number of aromatic nitrogens is 2. The molecule has 0 spiro atoms. The monoisotopic (exact) mass is 263 g/mol. The Morgan fingerprint density at radius 3 is 2.67 bits per heavy atom. The van der Waals surface area contributed by atoms with Gasteiger partial charge in [-0.2, -0.15) is 0 Å². The Labute approximate surface area is 110 Å². The highest BCUT2D eigenvalue weighted by atomic mass is 35.5. The van der Waals surface area contributed by atoms with Crippen molar-refractivity contribution in [2.75, 3.05) is 0 Å². The van der Waals surface area contributed by atoms with E-state index in [9.17, 15) is 4.79 Å². The third-order valence-corrected chi connectivity index (χ3v) is 2.79. The van der Waals surface area contributed by atoms with Crippen LogP contribution in [0.2, 0.25) is 5.02 Å². The Kier molecular flexibility index (Phi) is 3.79. The van der Waals surface area contributed by atoms with E-state index in [1.54, 1.807) is 6.92 Å². The largest absolute Gasteiger partial charge is 0.322 e. The lowest BCUT2D eigenvalue weighted by Gasteiger charge is -2.07. The number of halogens is 1. The number of H-pyrrole nitrogens is 1. The van der Waals surface area contributed by atoms with E-state index in [1.165, 1.54) is 6.07 Å². The van der Waals surface area contributed by atoms with E-state index < -0.39 is 0 Å². The van der Waals surface area contributed by atoms with Gasteiger partial charge in [-0.3, -0.25) is 4.79 Å². The van der Waals surface area contributed by atoms with Crippen LogP contribution < -0.4 is 11.3 Å². The number of benzene rings is 1. The van der Waals surface area contributed by atoms with Gasteiger partial charge in [-0.05, 0) is 24.6 Å². The Hall–Kier alpha value is -1.65. The lowest BCUT2D eigenvalue weighted by Crippen LogP contribution is -2.18. The highest BCUT2D eigenvalue weighted by Crippen LogP contribution is 2.12. The van der Waals surface area contributed by atoms with E-state index in [1.807, 2.05) is 24.3 Å². The van der Waals surface area contributed by atoms with Crippen LogP contribution in [0, 0.1) is 0 Å². The van der Waals surface area contributed by atoms with Gasteiger partial charge in [-0.1, -0.05) is 23.7 Å². The number of nitrogens with two attached hydrogens (primary N) is 1. The molecule has 0 aliphatic rings. The highest BCUT2D eigenvalue weighted by molar-refractivity contribution is 6.30. The molecule has 1 aromatic carbocycles. The van der Waals surface area contributed by atoms with E-state index in [4.69, 9.17) is 17.3 Å². The van der Waals surface area contributed by atoms with E-state index in [0.717, 1.165) is 5.56 Å². The molecular formula is C13H14ClN3O. The Balaban J connectivity index is 2.28. The van der Waals surface area contributed by atoms with E-state index >= 15 is 0 Å². The van der Waals surface area contributed by atoms with E-state index in [-0.39, 0.29) is 11.6 Å². The molecule has 0 fully saturated rings. The molecule has 1 aromatic heterocycles. The van der Waals surface area contributed by atoms with Gasteiger partial charge in [-0.15, -0.1) is 0 Å². The summed E-state index contributed by atoms with van der Waals surface area (Å²) >= 11 is 5.82. The van der Waals surface area contributed by atoms with Gasteiger partial charge in [0, 0.05) is 17.5 Å². The molecule has 0 aliphatic carbocycles. The minimum atomic E-state index is -0.289. The molecule has 0 bridgehead atoms. The molecule has 2 rings (SSSR count). The normalized spacial score (nSPS) is 12.4. The lowest BCUT2D eigenvalue weighted by molar-refractivity contribution is 0.722. The molecule has 1 atom stereocenters. The predicted molar refractivity (Wildman–Crippen MR) is 71.7 cm³/mol. The van der Waals surface area contributed by atoms with E-state index in [0.29, 0.717) is 23.0 Å². The van der Waals surface area contributed by atoms with Crippen molar-refractivity contribution in [1.82, 2.24) is 9.97 Å². The smallest absolute Gasteiger partial charge is 0.251 e. The molecule has 4 nitrogen and oxygen atoms in total. The van der Waals surface area contributed by atoms with Gasteiger partial charge in [0.25, 0.3) is 5.56 Å². The van der Waals surface area contributed by atoms with Crippen LogP contribution in [0.3, 0.4) is 0 Å². The van der Waals surface area contributed by atoms with Crippen LogP contribution >= 0.6 is 11.6 Å². The maximum atomic E-state index is 11.5. The average molecular weight is 264 g/mol. The summed E-state index contributed by atoms with van der Waals surface area (Å²) < 4.78 is 0. The van der Waals surface area contributed by atoms with Gasteiger partial charge in [0.1, 0.15) is 5.82 Å². The maximum absolute atomic E-state index is 11.5. The zero-order valence-corrected chi connectivity index (χ0v) is 10.7. The fraction of sp³-hybridized carbons (Fsp3) is 0.231. The van der Waals surface area contributed by atoms with Crippen molar-refractivity contribution in [2.24, 2.45) is 5.73 Å². The fourth-order valence-electron chi connectivity index (χ4n) is 1.65. The molecule has 0 amide bonds. The molecular weight excluding hydrogens is 250 g/mol. The van der Waals surface area contributed by atoms with Gasteiger partial charge in [-0.25, -0.2) is 4.98 Å². The summed E-state index contributed by atoms with van der Waals surface area (Å²) in [5.74, 6) is 0.506. The molecule has 18 heavy (non-hydrogen) atoms. The summed E-state index contributed by atoms with van der Waals surface area (Å²) in [6.45, 7) is 1.78. The molecule has 3 N–H and O–H groups in total. The first-order valence-electron chi connectivity index (χ1n) is 5.65. The third-order valence-electron chi connectivity index (χ3n) is 2.54. The van der Waals surface area contributed by atoms with Crippen molar-refractivity contribution in [1.29, 1.82) is 0 Å². The van der Waals surface area contributed by atoms with Crippen LogP contribution in [-0.4, -0.2) is 9.97 Å². The standard InChI is InChI=1S/C13H14ClN3O/c1-8(15)13-16-11(7-12(18)17-13)6-9-2-4-10(14)5-3-9/h2-5,7-8H,6,15H2,1H3,(H,16,17,18). The summed E-state index contributed by atoms with van der Waals surface area (Å²) in [5, 5.41) is 0.689. The zero-order valence-electron chi connectivity index (χ0n) is 9.98. The SMILES string of the molecule is CC(N)c1nc(Cc2ccc(Cl)cc2)cc(=O)[nH]1. The summed E-state index contributed by atoms with van der Waals surface area (Å²) in [5.41, 5.74) is 7.29. The number of nitrogens with zero attached hydrogens (tertiary/aromatic N) is 1. The number of nitrogens with one attached hydrogen (secondary N) is 1. The van der Waals surface area contributed by atoms with Crippen molar-refractivity contribution in [3.63, 3.8) is 0 Å². The molecule has 94 valence electrons. The Morgan fingerprint density at radius 1 is 1.39 bits per heavy atom. The topological polar surface area (TPSA) is 71.8 Å². The lowest BCUT2D eigenvalue weighted by atomic mass is 10.1. The number of hydrogen-bond donors (Lipinski definition) is 2. The maximum Gasteiger partial charge on any atom is 0.251 e. The summed E-state index contributed by atoms with van der Waals surface area (Å²) in [6, 6.07) is 8.66. The quantitative estimate of drug-likeness (QED) is 0.890. The minimum absolute atomic E-state index is 0.179. The first-order valence-corrected chi connectivity index (χ1v) is 6.02. The van der Waals surface area contributed by atoms with Crippen molar-refractivity contribution >= 4 is 11.6 Å². The summed E-state index contributed by atoms with van der Waals surface area (Å²) in [6.07, 6.45) is 0.584. The van der Waals surface area contributed by atoms with Crippen molar-refractivity contribution in [3.05, 3.63) is 62.8 Å². The van der Waals surface area contributed by atoms with Crippen LogP contribution in [-0.2, 0) is 6.42 Å². The second-order valence-corrected chi connectivity index (χ2v) is 4.65. The van der Waals surface area contributed by atoms with Crippen molar-refractivity contribution in [2.45, 2.75) is 19.4 Å². The van der Waals surface area contributed by atoms with Gasteiger partial charge >= 0.3 is 0 Å². The molecule has 2 aromatic rings. The van der Waals surface area contributed by atoms with Crippen molar-refractivity contribution in [3.8, 4) is 0 Å². The summed E-state index contributed by atoms with van der Waals surface area (Å²) in [4.78, 5) is 18.5. The average Bonchev–Trinajstić information content (AvgIpc) is 2.31. The zero-order chi connectivity index (χ0) is 13.1. The number of rotatable bonds is 3. The number of aromatic amines is 1. The van der Waals surface area contributed by atoms with Gasteiger partial charge < -0.3 is 10.7 Å². The van der Waals surface area contributed by atoms with Gasteiger partial charge in [0.05, 0.1) is 11.7 Å². The van der Waals surface area contributed by atoms with Gasteiger partial charge in [0.15, 0.2) is 0 Å². The minimum Gasteiger partial charge on any atom is -0.322 e. The molecule has 0 aliphatic heterocycles. The van der Waals surface area contributed by atoms with Crippen LogP contribution in [0.5, 0.6) is 0 Å². The molecule has 0 saturated heterocycles. The molecule has 0 radical (unpaired) electrons. The van der Waals surface area contributed by atoms with Crippen LogP contribution in [0.15, 0.2) is 35.1 Å². The predicted octanol–water partition coefficient (Wildman–Crippen LogP) is 2.03. The molecule has 1 unspecified atom stereocenters. The molecule has 5 heteroatoms. The van der Waals surface area contributed by atoms with Crippen LogP contribution in [0.1, 0.15) is 30.0 Å². The van der Waals surface area contributed by atoms with E-state index in [2.05, 4.69) is 9.97 Å². The third kappa shape index (κ3) is 3.18. The second kappa shape index (κ2) is 5.33. The second-order valence-electron chi connectivity index (χ2n) is 4.21. The summed E-state index contributed by atoms with van der Waals surface area (Å²) in [7, 11) is 0. The van der Waals surface area contributed by atoms with Crippen LogP contribution in [0.25, 0.3) is 0 Å². The Bertz CT molecular complexity index is 590. The number of hydrogen-bond acceptors (Lipinski definition) is 3. The molecule has 1 heterocycles. The Morgan fingerprint density at radius 2 is 2.06 bits per heavy atom. The fourth-order valence-corrected chi connectivity index (χ4v) is 1.77.